The van der Waals surface area contributed by atoms with Crippen LogP contribution in [0.3, 0.4) is 0 Å². The maximum Gasteiger partial charge on any atom is 0.307 e. The van der Waals surface area contributed by atoms with Crippen LogP contribution in [0.2, 0.25) is 0 Å². The van der Waals surface area contributed by atoms with Crippen molar-refractivity contribution in [3.63, 3.8) is 0 Å². The van der Waals surface area contributed by atoms with Gasteiger partial charge < -0.3 is 10.1 Å². The van der Waals surface area contributed by atoms with Crippen molar-refractivity contribution in [1.82, 2.24) is 5.32 Å². The van der Waals surface area contributed by atoms with E-state index in [0.717, 1.165) is 19.4 Å². The number of esters is 1. The van der Waals surface area contributed by atoms with Gasteiger partial charge in [0.15, 0.2) is 0 Å². The van der Waals surface area contributed by atoms with Crippen molar-refractivity contribution >= 4 is 5.97 Å². The molecule has 3 nitrogen and oxygen atoms in total. The lowest BCUT2D eigenvalue weighted by molar-refractivity contribution is -0.143. The zero-order chi connectivity index (χ0) is 10.2. The standard InChI is InChI=1S/C11H21NO2/c1-2-3-4-9-14-11(13)7-8-12-10-5-6-10/h10,12H,2-9H2,1H3. The molecule has 0 aromatic heterocycles. The third-order valence-electron chi connectivity index (χ3n) is 2.35. The lowest BCUT2D eigenvalue weighted by atomic mass is 10.3. The molecule has 0 spiro atoms. The van der Waals surface area contributed by atoms with E-state index in [-0.39, 0.29) is 5.97 Å². The second-order valence-electron chi connectivity index (χ2n) is 3.91. The first-order valence-electron chi connectivity index (χ1n) is 5.72. The molecule has 14 heavy (non-hydrogen) atoms. The van der Waals surface area contributed by atoms with Crippen LogP contribution in [0.15, 0.2) is 0 Å². The van der Waals surface area contributed by atoms with Gasteiger partial charge in [0.25, 0.3) is 0 Å². The van der Waals surface area contributed by atoms with Gasteiger partial charge in [0.2, 0.25) is 0 Å². The van der Waals surface area contributed by atoms with Crippen molar-refractivity contribution < 1.29 is 9.53 Å². The number of hydrogen-bond acceptors (Lipinski definition) is 3. The van der Waals surface area contributed by atoms with E-state index in [1.165, 1.54) is 19.3 Å². The van der Waals surface area contributed by atoms with Gasteiger partial charge in [-0.25, -0.2) is 0 Å². The molecule has 0 unspecified atom stereocenters. The van der Waals surface area contributed by atoms with E-state index in [4.69, 9.17) is 4.74 Å². The molecule has 1 N–H and O–H groups in total. The van der Waals surface area contributed by atoms with Gasteiger partial charge in [-0.1, -0.05) is 19.8 Å². The minimum absolute atomic E-state index is 0.0609. The van der Waals surface area contributed by atoms with Gasteiger partial charge in [0.1, 0.15) is 0 Å². The largest absolute Gasteiger partial charge is 0.466 e. The number of carbonyl (C=O) groups excluding carboxylic acids is 1. The normalized spacial score (nSPS) is 15.5. The van der Waals surface area contributed by atoms with E-state index in [0.29, 0.717) is 19.1 Å². The molecule has 1 aliphatic carbocycles. The van der Waals surface area contributed by atoms with Gasteiger partial charge in [-0.15, -0.1) is 0 Å². The molecule has 82 valence electrons. The van der Waals surface area contributed by atoms with Crippen LogP contribution in [-0.4, -0.2) is 25.2 Å². The fourth-order valence-corrected chi connectivity index (χ4v) is 1.28. The van der Waals surface area contributed by atoms with Crippen LogP contribution >= 0.6 is 0 Å². The highest BCUT2D eigenvalue weighted by Gasteiger charge is 2.20. The number of nitrogens with one attached hydrogen (secondary N) is 1. The van der Waals surface area contributed by atoms with Gasteiger partial charge in [0.05, 0.1) is 13.0 Å². The van der Waals surface area contributed by atoms with Crippen LogP contribution in [0.5, 0.6) is 0 Å². The number of hydrogen-bond donors (Lipinski definition) is 1. The number of ether oxygens (including phenoxy) is 1. The summed E-state index contributed by atoms with van der Waals surface area (Å²) < 4.78 is 5.07. The molecule has 0 bridgehead atoms. The molecule has 0 atom stereocenters. The van der Waals surface area contributed by atoms with Crippen LogP contribution in [0.25, 0.3) is 0 Å². The predicted octanol–water partition coefficient (Wildman–Crippen LogP) is 1.86. The fourth-order valence-electron chi connectivity index (χ4n) is 1.28. The third kappa shape index (κ3) is 5.97. The van der Waals surface area contributed by atoms with Crippen LogP contribution in [0.1, 0.15) is 45.4 Å². The second-order valence-corrected chi connectivity index (χ2v) is 3.91. The van der Waals surface area contributed by atoms with E-state index >= 15 is 0 Å². The molecule has 0 saturated heterocycles. The quantitative estimate of drug-likeness (QED) is 0.479. The Hall–Kier alpha value is -0.570. The van der Waals surface area contributed by atoms with Crippen LogP contribution in [0, 0.1) is 0 Å². The maximum atomic E-state index is 11.1. The highest BCUT2D eigenvalue weighted by molar-refractivity contribution is 5.69. The van der Waals surface area contributed by atoms with Crippen molar-refractivity contribution in [3.8, 4) is 0 Å². The van der Waals surface area contributed by atoms with Gasteiger partial charge in [0, 0.05) is 12.6 Å². The molecule has 0 amide bonds. The third-order valence-corrected chi connectivity index (χ3v) is 2.35. The first-order chi connectivity index (χ1) is 6.83. The molecular formula is C11H21NO2. The molecule has 0 aliphatic heterocycles. The van der Waals surface area contributed by atoms with E-state index in [1.807, 2.05) is 0 Å². The zero-order valence-electron chi connectivity index (χ0n) is 9.05. The molecule has 0 heterocycles. The van der Waals surface area contributed by atoms with Crippen LogP contribution in [0.4, 0.5) is 0 Å². The Morgan fingerprint density at radius 3 is 2.86 bits per heavy atom. The number of unbranched alkanes of at least 4 members (excludes halogenated alkanes) is 2. The Balaban J connectivity index is 1.82. The fraction of sp³-hybridized carbons (Fsp3) is 0.909. The van der Waals surface area contributed by atoms with Crippen molar-refractivity contribution in [1.29, 1.82) is 0 Å². The summed E-state index contributed by atoms with van der Waals surface area (Å²) in [6.07, 6.45) is 6.37. The van der Waals surface area contributed by atoms with Crippen molar-refractivity contribution in [2.75, 3.05) is 13.2 Å². The lowest BCUT2D eigenvalue weighted by Crippen LogP contribution is -2.21. The topological polar surface area (TPSA) is 38.3 Å². The molecule has 1 rings (SSSR count). The molecule has 1 aliphatic rings. The number of carbonyl (C=O) groups is 1. The maximum absolute atomic E-state index is 11.1. The van der Waals surface area contributed by atoms with E-state index in [9.17, 15) is 4.79 Å². The molecular weight excluding hydrogens is 178 g/mol. The van der Waals surface area contributed by atoms with Gasteiger partial charge >= 0.3 is 5.97 Å². The summed E-state index contributed by atoms with van der Waals surface area (Å²) in [5.41, 5.74) is 0. The van der Waals surface area contributed by atoms with Crippen LogP contribution < -0.4 is 5.32 Å². The molecule has 0 radical (unpaired) electrons. The summed E-state index contributed by atoms with van der Waals surface area (Å²) in [5.74, 6) is -0.0609. The van der Waals surface area contributed by atoms with Crippen molar-refractivity contribution in [2.24, 2.45) is 0 Å². The highest BCUT2D eigenvalue weighted by atomic mass is 16.5. The smallest absolute Gasteiger partial charge is 0.307 e. The second kappa shape index (κ2) is 6.82. The monoisotopic (exact) mass is 199 g/mol. The minimum atomic E-state index is -0.0609. The Morgan fingerprint density at radius 1 is 1.43 bits per heavy atom. The Bertz CT molecular complexity index is 167. The van der Waals surface area contributed by atoms with Crippen molar-refractivity contribution in [2.45, 2.75) is 51.5 Å². The Kier molecular flexibility index (Phi) is 5.60. The van der Waals surface area contributed by atoms with Crippen molar-refractivity contribution in [3.05, 3.63) is 0 Å². The van der Waals surface area contributed by atoms with Gasteiger partial charge in [-0.3, -0.25) is 4.79 Å². The summed E-state index contributed by atoms with van der Waals surface area (Å²) in [7, 11) is 0. The van der Waals surface area contributed by atoms with E-state index in [2.05, 4.69) is 12.2 Å². The lowest BCUT2D eigenvalue weighted by Gasteiger charge is -2.04. The first-order valence-corrected chi connectivity index (χ1v) is 5.72. The van der Waals surface area contributed by atoms with E-state index in [1.54, 1.807) is 0 Å². The average molecular weight is 199 g/mol. The Morgan fingerprint density at radius 2 is 2.21 bits per heavy atom. The minimum Gasteiger partial charge on any atom is -0.466 e. The van der Waals surface area contributed by atoms with Gasteiger partial charge in [-0.05, 0) is 19.3 Å². The zero-order valence-corrected chi connectivity index (χ0v) is 9.05. The average Bonchev–Trinajstić information content (AvgIpc) is 2.96. The molecule has 1 saturated carbocycles. The first kappa shape index (κ1) is 11.5. The highest BCUT2D eigenvalue weighted by Crippen LogP contribution is 2.18. The van der Waals surface area contributed by atoms with E-state index < -0.39 is 0 Å². The molecule has 1 fully saturated rings. The summed E-state index contributed by atoms with van der Waals surface area (Å²) >= 11 is 0. The number of rotatable bonds is 8. The van der Waals surface area contributed by atoms with Crippen LogP contribution in [-0.2, 0) is 9.53 Å². The Labute approximate surface area is 86.2 Å². The summed E-state index contributed by atoms with van der Waals surface area (Å²) in [4.78, 5) is 11.1. The molecule has 3 heteroatoms. The SMILES string of the molecule is CCCCCOC(=O)CCNC1CC1. The predicted molar refractivity (Wildman–Crippen MR) is 56.1 cm³/mol. The van der Waals surface area contributed by atoms with Gasteiger partial charge in [-0.2, -0.15) is 0 Å². The summed E-state index contributed by atoms with van der Waals surface area (Å²) in [6.45, 7) is 3.51. The molecule has 0 aromatic carbocycles. The molecule has 0 aromatic rings. The summed E-state index contributed by atoms with van der Waals surface area (Å²) in [6, 6.07) is 0.683. The summed E-state index contributed by atoms with van der Waals surface area (Å²) in [5, 5.41) is 3.29.